The Labute approximate surface area is 197 Å². The molecule has 7 heteroatoms. The number of nitrogens with one attached hydrogen (secondary N) is 1. The van der Waals surface area contributed by atoms with E-state index in [9.17, 15) is 9.59 Å². The average molecular weight is 463 g/mol. The molecule has 0 unspecified atom stereocenters. The molecule has 1 N–H and O–H groups in total. The second-order valence-corrected chi connectivity index (χ2v) is 7.95. The minimum absolute atomic E-state index is 0.0696. The van der Waals surface area contributed by atoms with Crippen LogP contribution >= 0.6 is 11.6 Å². The Hall–Kier alpha value is -3.77. The maximum absolute atomic E-state index is 13.6. The Balaban J connectivity index is 1.80. The summed E-state index contributed by atoms with van der Waals surface area (Å²) in [5, 5.41) is 3.69. The first kappa shape index (κ1) is 22.4. The molecule has 3 aromatic rings. The molecule has 0 saturated heterocycles. The predicted molar refractivity (Wildman–Crippen MR) is 128 cm³/mol. The van der Waals surface area contributed by atoms with Gasteiger partial charge in [-0.3, -0.25) is 14.5 Å². The minimum Gasteiger partial charge on any atom is -0.496 e. The van der Waals surface area contributed by atoms with Crippen molar-refractivity contribution >= 4 is 34.7 Å². The third-order valence-corrected chi connectivity index (χ3v) is 5.91. The van der Waals surface area contributed by atoms with Crippen LogP contribution in [0, 0.1) is 6.92 Å². The topological polar surface area (TPSA) is 67.9 Å². The standard InChI is InChI=1S/C26H23ClN2O4/c1-16-12-13-18(14-20(16)27)28-24-23(19-9-5-7-11-22(19)33-3)25(30)29(26(24)31)15-17-8-4-6-10-21(17)32-2/h4-14,28H,15H2,1-3H3. The SMILES string of the molecule is COc1ccccc1CN1C(=O)C(Nc2ccc(C)c(Cl)c2)=C(c2ccccc2OC)C1=O. The number of methoxy groups -OCH3 is 2. The molecule has 0 aromatic heterocycles. The van der Waals surface area contributed by atoms with Crippen molar-refractivity contribution in [2.75, 3.05) is 19.5 Å². The molecule has 0 saturated carbocycles. The van der Waals surface area contributed by atoms with Gasteiger partial charge in [0.25, 0.3) is 11.8 Å². The van der Waals surface area contributed by atoms with Gasteiger partial charge in [0.15, 0.2) is 0 Å². The van der Waals surface area contributed by atoms with Crippen molar-refractivity contribution in [2.45, 2.75) is 13.5 Å². The molecular formula is C26H23ClN2O4. The van der Waals surface area contributed by atoms with E-state index in [0.717, 1.165) is 11.1 Å². The Bertz CT molecular complexity index is 1270. The highest BCUT2D eigenvalue weighted by molar-refractivity contribution is 6.37. The number of carbonyl (C=O) groups excluding carboxylic acids is 2. The second-order valence-electron chi connectivity index (χ2n) is 7.55. The highest BCUT2D eigenvalue weighted by Gasteiger charge is 2.40. The largest absolute Gasteiger partial charge is 0.496 e. The third-order valence-electron chi connectivity index (χ3n) is 5.51. The van der Waals surface area contributed by atoms with Crippen molar-refractivity contribution in [1.82, 2.24) is 4.90 Å². The quantitative estimate of drug-likeness (QED) is 0.497. The number of imide groups is 1. The molecule has 33 heavy (non-hydrogen) atoms. The van der Waals surface area contributed by atoms with Crippen LogP contribution in [0.1, 0.15) is 16.7 Å². The lowest BCUT2D eigenvalue weighted by atomic mass is 10.0. The molecule has 4 rings (SSSR count). The molecule has 1 aliphatic heterocycles. The Morgan fingerprint density at radius 3 is 2.24 bits per heavy atom. The zero-order chi connectivity index (χ0) is 23.5. The summed E-state index contributed by atoms with van der Waals surface area (Å²) in [6.07, 6.45) is 0. The molecule has 0 atom stereocenters. The fourth-order valence-electron chi connectivity index (χ4n) is 3.76. The number of anilines is 1. The van der Waals surface area contributed by atoms with Crippen molar-refractivity contribution in [2.24, 2.45) is 0 Å². The van der Waals surface area contributed by atoms with E-state index in [4.69, 9.17) is 21.1 Å². The van der Waals surface area contributed by atoms with Crippen molar-refractivity contribution in [3.8, 4) is 11.5 Å². The first-order valence-electron chi connectivity index (χ1n) is 10.3. The molecule has 2 amide bonds. The van der Waals surface area contributed by atoms with Gasteiger partial charge >= 0.3 is 0 Å². The molecule has 0 radical (unpaired) electrons. The lowest BCUT2D eigenvalue weighted by Crippen LogP contribution is -2.32. The van der Waals surface area contributed by atoms with Crippen LogP contribution in [0.3, 0.4) is 0 Å². The van der Waals surface area contributed by atoms with Gasteiger partial charge in [-0.25, -0.2) is 0 Å². The van der Waals surface area contributed by atoms with E-state index in [0.29, 0.717) is 27.8 Å². The van der Waals surface area contributed by atoms with Crippen LogP contribution in [0.25, 0.3) is 5.57 Å². The van der Waals surface area contributed by atoms with Crippen molar-refractivity contribution in [3.05, 3.63) is 94.1 Å². The summed E-state index contributed by atoms with van der Waals surface area (Å²) >= 11 is 6.28. The fourth-order valence-corrected chi connectivity index (χ4v) is 3.94. The summed E-state index contributed by atoms with van der Waals surface area (Å²) in [6.45, 7) is 1.96. The summed E-state index contributed by atoms with van der Waals surface area (Å²) in [4.78, 5) is 28.3. The number of halogens is 1. The number of aryl methyl sites for hydroxylation is 1. The number of carbonyl (C=O) groups is 2. The number of nitrogens with zero attached hydrogens (tertiary/aromatic N) is 1. The summed E-state index contributed by atoms with van der Waals surface area (Å²) < 4.78 is 10.9. The molecule has 6 nitrogen and oxygen atoms in total. The lowest BCUT2D eigenvalue weighted by Gasteiger charge is -2.17. The van der Waals surface area contributed by atoms with Crippen LogP contribution in [0.4, 0.5) is 5.69 Å². The van der Waals surface area contributed by atoms with Crippen molar-refractivity contribution in [3.63, 3.8) is 0 Å². The molecule has 0 aliphatic carbocycles. The van der Waals surface area contributed by atoms with E-state index >= 15 is 0 Å². The lowest BCUT2D eigenvalue weighted by molar-refractivity contribution is -0.137. The van der Waals surface area contributed by atoms with Gasteiger partial charge in [-0.1, -0.05) is 54.1 Å². The summed E-state index contributed by atoms with van der Waals surface area (Å²) in [5.74, 6) is 0.234. The van der Waals surface area contributed by atoms with Gasteiger partial charge in [0, 0.05) is 21.8 Å². The predicted octanol–water partition coefficient (Wildman–Crippen LogP) is 5.06. The van der Waals surface area contributed by atoms with E-state index in [1.165, 1.54) is 12.0 Å². The normalized spacial score (nSPS) is 13.5. The molecule has 0 spiro atoms. The number of hydrogen-bond acceptors (Lipinski definition) is 5. The van der Waals surface area contributed by atoms with Crippen molar-refractivity contribution < 1.29 is 19.1 Å². The molecule has 0 bridgehead atoms. The summed E-state index contributed by atoms with van der Waals surface area (Å²) in [5.41, 5.74) is 3.17. The van der Waals surface area contributed by atoms with Gasteiger partial charge in [-0.2, -0.15) is 0 Å². The van der Waals surface area contributed by atoms with Gasteiger partial charge in [-0.05, 0) is 36.8 Å². The first-order valence-corrected chi connectivity index (χ1v) is 10.7. The van der Waals surface area contributed by atoms with Crippen LogP contribution in [0.5, 0.6) is 11.5 Å². The molecule has 1 aliphatic rings. The first-order chi connectivity index (χ1) is 15.9. The fraction of sp³-hybridized carbons (Fsp3) is 0.154. The number of hydrogen-bond donors (Lipinski definition) is 1. The van der Waals surface area contributed by atoms with Gasteiger partial charge in [0.1, 0.15) is 17.2 Å². The highest BCUT2D eigenvalue weighted by Crippen LogP contribution is 2.37. The van der Waals surface area contributed by atoms with Crippen LogP contribution in [-0.2, 0) is 16.1 Å². The monoisotopic (exact) mass is 462 g/mol. The average Bonchev–Trinajstić information content (AvgIpc) is 3.05. The van der Waals surface area contributed by atoms with Gasteiger partial charge in [-0.15, -0.1) is 0 Å². The smallest absolute Gasteiger partial charge is 0.278 e. The summed E-state index contributed by atoms with van der Waals surface area (Å²) in [7, 11) is 3.08. The third kappa shape index (κ3) is 4.30. The Morgan fingerprint density at radius 1 is 0.879 bits per heavy atom. The maximum atomic E-state index is 13.6. The van der Waals surface area contributed by atoms with Crippen LogP contribution < -0.4 is 14.8 Å². The maximum Gasteiger partial charge on any atom is 0.278 e. The van der Waals surface area contributed by atoms with E-state index in [1.54, 1.807) is 37.4 Å². The van der Waals surface area contributed by atoms with Gasteiger partial charge < -0.3 is 14.8 Å². The van der Waals surface area contributed by atoms with E-state index in [2.05, 4.69) is 5.32 Å². The number of para-hydroxylation sites is 2. The number of rotatable bonds is 7. The van der Waals surface area contributed by atoms with Crippen LogP contribution in [0.15, 0.2) is 72.4 Å². The van der Waals surface area contributed by atoms with E-state index in [1.807, 2.05) is 43.3 Å². The zero-order valence-electron chi connectivity index (χ0n) is 18.5. The molecule has 3 aromatic carbocycles. The van der Waals surface area contributed by atoms with Crippen LogP contribution in [-0.4, -0.2) is 30.9 Å². The molecular weight excluding hydrogens is 440 g/mol. The number of ether oxygens (including phenoxy) is 2. The Kier molecular flexibility index (Phi) is 6.38. The number of benzene rings is 3. The zero-order valence-corrected chi connectivity index (χ0v) is 19.3. The highest BCUT2D eigenvalue weighted by atomic mass is 35.5. The van der Waals surface area contributed by atoms with E-state index < -0.39 is 11.8 Å². The second kappa shape index (κ2) is 9.38. The van der Waals surface area contributed by atoms with Crippen molar-refractivity contribution in [1.29, 1.82) is 0 Å². The minimum atomic E-state index is -0.441. The van der Waals surface area contributed by atoms with Gasteiger partial charge in [0.05, 0.1) is 26.3 Å². The summed E-state index contributed by atoms with van der Waals surface area (Å²) in [6, 6.07) is 19.8. The van der Waals surface area contributed by atoms with Gasteiger partial charge in [0.2, 0.25) is 0 Å². The van der Waals surface area contributed by atoms with E-state index in [-0.39, 0.29) is 17.8 Å². The molecule has 0 fully saturated rings. The molecule has 1 heterocycles. The molecule has 168 valence electrons. The number of amides is 2. The Morgan fingerprint density at radius 2 is 1.55 bits per heavy atom. The van der Waals surface area contributed by atoms with Crippen LogP contribution in [0.2, 0.25) is 5.02 Å².